The number of nitrogens with zero attached hydrogens (tertiary/aromatic N) is 1. The van der Waals surface area contributed by atoms with Crippen LogP contribution in [0, 0.1) is 6.92 Å². The van der Waals surface area contributed by atoms with E-state index in [1.807, 2.05) is 13.8 Å². The van der Waals surface area contributed by atoms with Crippen LogP contribution in [0.3, 0.4) is 0 Å². The van der Waals surface area contributed by atoms with Crippen molar-refractivity contribution in [2.45, 2.75) is 38.0 Å². The maximum Gasteiger partial charge on any atom is 0.255 e. The zero-order valence-corrected chi connectivity index (χ0v) is 18.4. The molecular weight excluding hydrogens is 404 g/mol. The van der Waals surface area contributed by atoms with Crippen molar-refractivity contribution in [3.05, 3.63) is 47.5 Å². The van der Waals surface area contributed by atoms with Crippen molar-refractivity contribution in [3.63, 3.8) is 0 Å². The Labute approximate surface area is 178 Å². The third kappa shape index (κ3) is 4.76. The molecule has 2 aromatic rings. The molecule has 162 valence electrons. The lowest BCUT2D eigenvalue weighted by atomic mass is 10.1. The molecule has 0 unspecified atom stereocenters. The molecule has 1 amide bonds. The minimum absolute atomic E-state index is 0.0626. The zero-order chi connectivity index (χ0) is 21.7. The number of aryl methyl sites for hydroxylation is 1. The van der Waals surface area contributed by atoms with Crippen LogP contribution in [0.25, 0.3) is 0 Å². The van der Waals surface area contributed by atoms with E-state index in [0.29, 0.717) is 30.9 Å². The Morgan fingerprint density at radius 1 is 1.07 bits per heavy atom. The van der Waals surface area contributed by atoms with E-state index in [1.54, 1.807) is 30.3 Å². The number of hydrogen-bond acceptors (Lipinski definition) is 5. The van der Waals surface area contributed by atoms with Crippen LogP contribution in [0.1, 0.15) is 42.1 Å². The van der Waals surface area contributed by atoms with Gasteiger partial charge in [-0.25, -0.2) is 8.42 Å². The molecule has 0 spiro atoms. The fourth-order valence-corrected chi connectivity index (χ4v) is 5.21. The summed E-state index contributed by atoms with van der Waals surface area (Å²) >= 11 is 0. The van der Waals surface area contributed by atoms with Gasteiger partial charge in [-0.05, 0) is 68.7 Å². The number of ether oxygens (including phenoxy) is 2. The summed E-state index contributed by atoms with van der Waals surface area (Å²) in [4.78, 5) is 12.8. The monoisotopic (exact) mass is 432 g/mol. The molecule has 0 aliphatic carbocycles. The molecule has 0 saturated carbocycles. The fourth-order valence-electron chi connectivity index (χ4n) is 3.51. The summed E-state index contributed by atoms with van der Waals surface area (Å²) in [7, 11) is -2.27. The maximum atomic E-state index is 13.1. The van der Waals surface area contributed by atoms with E-state index in [0.717, 1.165) is 30.6 Å². The molecule has 1 saturated heterocycles. The topological polar surface area (TPSA) is 84.9 Å². The molecule has 1 aliphatic rings. The summed E-state index contributed by atoms with van der Waals surface area (Å²) in [6, 6.07) is 9.84. The van der Waals surface area contributed by atoms with Crippen LogP contribution in [-0.2, 0) is 10.0 Å². The summed E-state index contributed by atoms with van der Waals surface area (Å²) in [5, 5.41) is 2.79. The zero-order valence-electron chi connectivity index (χ0n) is 17.6. The number of carbonyl (C=O) groups is 1. The van der Waals surface area contributed by atoms with E-state index in [-0.39, 0.29) is 16.6 Å². The number of methoxy groups -OCH3 is 1. The number of piperidine rings is 1. The predicted octanol–water partition coefficient (Wildman–Crippen LogP) is 3.83. The van der Waals surface area contributed by atoms with Gasteiger partial charge in [0.25, 0.3) is 5.91 Å². The summed E-state index contributed by atoms with van der Waals surface area (Å²) < 4.78 is 38.6. The predicted molar refractivity (Wildman–Crippen MR) is 116 cm³/mol. The minimum Gasteiger partial charge on any atom is -0.495 e. The minimum atomic E-state index is -3.71. The van der Waals surface area contributed by atoms with Gasteiger partial charge in [0.05, 0.1) is 13.7 Å². The first-order valence-corrected chi connectivity index (χ1v) is 11.5. The standard InChI is InChI=1S/C22H28N2O5S/c1-4-29-19-10-8-17(14-16(19)2)22(25)23-18-9-11-20(28-3)21(15-18)30(26,27)24-12-6-5-7-13-24/h8-11,14-15H,4-7,12-13H2,1-3H3,(H,23,25). The highest BCUT2D eigenvalue weighted by atomic mass is 32.2. The van der Waals surface area contributed by atoms with E-state index in [2.05, 4.69) is 5.32 Å². The van der Waals surface area contributed by atoms with Crippen LogP contribution in [0.4, 0.5) is 5.69 Å². The Bertz CT molecular complexity index is 1010. The van der Waals surface area contributed by atoms with Crippen molar-refractivity contribution in [2.24, 2.45) is 0 Å². The number of amides is 1. The molecule has 1 aliphatic heterocycles. The molecule has 8 heteroatoms. The van der Waals surface area contributed by atoms with Gasteiger partial charge in [-0.3, -0.25) is 4.79 Å². The number of rotatable bonds is 7. The number of benzene rings is 2. The number of anilines is 1. The average molecular weight is 433 g/mol. The van der Waals surface area contributed by atoms with E-state index < -0.39 is 10.0 Å². The summed E-state index contributed by atoms with van der Waals surface area (Å²) in [6.07, 6.45) is 2.71. The normalized spacial score (nSPS) is 14.9. The van der Waals surface area contributed by atoms with Gasteiger partial charge in [0, 0.05) is 24.3 Å². The van der Waals surface area contributed by atoms with E-state index in [9.17, 15) is 13.2 Å². The second kappa shape index (κ2) is 9.49. The second-order valence-corrected chi connectivity index (χ2v) is 9.10. The quantitative estimate of drug-likeness (QED) is 0.719. The average Bonchev–Trinajstić information content (AvgIpc) is 2.75. The van der Waals surface area contributed by atoms with Gasteiger partial charge in [0.15, 0.2) is 0 Å². The van der Waals surface area contributed by atoms with Crippen LogP contribution < -0.4 is 14.8 Å². The van der Waals surface area contributed by atoms with Crippen molar-refractivity contribution >= 4 is 21.6 Å². The van der Waals surface area contributed by atoms with Gasteiger partial charge in [0.1, 0.15) is 16.4 Å². The Kier molecular flexibility index (Phi) is 6.99. The molecule has 0 bridgehead atoms. The molecule has 0 radical (unpaired) electrons. The third-order valence-electron chi connectivity index (χ3n) is 5.09. The number of nitrogens with one attached hydrogen (secondary N) is 1. The first-order valence-electron chi connectivity index (χ1n) is 10.1. The van der Waals surface area contributed by atoms with E-state index >= 15 is 0 Å². The molecule has 3 rings (SSSR count). The molecule has 2 aromatic carbocycles. The number of carbonyl (C=O) groups excluding carboxylic acids is 1. The SMILES string of the molecule is CCOc1ccc(C(=O)Nc2ccc(OC)c(S(=O)(=O)N3CCCCC3)c2)cc1C. The Morgan fingerprint density at radius 2 is 1.77 bits per heavy atom. The highest BCUT2D eigenvalue weighted by Crippen LogP contribution is 2.31. The highest BCUT2D eigenvalue weighted by molar-refractivity contribution is 7.89. The third-order valence-corrected chi connectivity index (χ3v) is 7.01. The van der Waals surface area contributed by atoms with Crippen LogP contribution in [0.15, 0.2) is 41.3 Å². The van der Waals surface area contributed by atoms with Gasteiger partial charge in [0.2, 0.25) is 10.0 Å². The van der Waals surface area contributed by atoms with Crippen molar-refractivity contribution in [2.75, 3.05) is 32.1 Å². The van der Waals surface area contributed by atoms with Gasteiger partial charge in [-0.2, -0.15) is 4.31 Å². The van der Waals surface area contributed by atoms with E-state index in [4.69, 9.17) is 9.47 Å². The molecule has 7 nitrogen and oxygen atoms in total. The summed E-state index contributed by atoms with van der Waals surface area (Å²) in [5.74, 6) is 0.663. The maximum absolute atomic E-state index is 13.1. The smallest absolute Gasteiger partial charge is 0.255 e. The van der Waals surface area contributed by atoms with Crippen LogP contribution in [0.2, 0.25) is 0 Å². The lowest BCUT2D eigenvalue weighted by Gasteiger charge is -2.26. The van der Waals surface area contributed by atoms with Gasteiger partial charge in [-0.1, -0.05) is 6.42 Å². The molecule has 1 fully saturated rings. The molecule has 1 heterocycles. The number of sulfonamides is 1. The molecule has 1 N–H and O–H groups in total. The second-order valence-electron chi connectivity index (χ2n) is 7.20. The highest BCUT2D eigenvalue weighted by Gasteiger charge is 2.29. The van der Waals surface area contributed by atoms with Crippen molar-refractivity contribution in [3.8, 4) is 11.5 Å². The van der Waals surface area contributed by atoms with Crippen molar-refractivity contribution in [1.82, 2.24) is 4.31 Å². The fraction of sp³-hybridized carbons (Fsp3) is 0.409. The largest absolute Gasteiger partial charge is 0.495 e. The molecular formula is C22H28N2O5S. The van der Waals surface area contributed by atoms with E-state index in [1.165, 1.54) is 17.5 Å². The van der Waals surface area contributed by atoms with Gasteiger partial charge < -0.3 is 14.8 Å². The van der Waals surface area contributed by atoms with Crippen molar-refractivity contribution < 1.29 is 22.7 Å². The molecule has 30 heavy (non-hydrogen) atoms. The van der Waals surface area contributed by atoms with Gasteiger partial charge in [-0.15, -0.1) is 0 Å². The van der Waals surface area contributed by atoms with Crippen LogP contribution in [-0.4, -0.2) is 45.4 Å². The van der Waals surface area contributed by atoms with Crippen LogP contribution >= 0.6 is 0 Å². The molecule has 0 aromatic heterocycles. The first-order chi connectivity index (χ1) is 14.4. The first kappa shape index (κ1) is 22.1. The Balaban J connectivity index is 1.86. The Hall–Kier alpha value is -2.58. The lowest BCUT2D eigenvalue weighted by Crippen LogP contribution is -2.35. The lowest BCUT2D eigenvalue weighted by molar-refractivity contribution is 0.102. The summed E-state index contributed by atoms with van der Waals surface area (Å²) in [5.41, 5.74) is 1.71. The Morgan fingerprint density at radius 3 is 2.40 bits per heavy atom. The van der Waals surface area contributed by atoms with Gasteiger partial charge >= 0.3 is 0 Å². The molecule has 0 atom stereocenters. The number of hydrogen-bond donors (Lipinski definition) is 1. The van der Waals surface area contributed by atoms with Crippen LogP contribution in [0.5, 0.6) is 11.5 Å². The summed E-state index contributed by atoms with van der Waals surface area (Å²) in [6.45, 7) is 5.31. The van der Waals surface area contributed by atoms with Crippen molar-refractivity contribution in [1.29, 1.82) is 0 Å².